The fourth-order valence-electron chi connectivity index (χ4n) is 2.65. The Labute approximate surface area is 125 Å². The third-order valence-electron chi connectivity index (χ3n) is 4.19. The minimum atomic E-state index is -2.07. The SMILES string of the molecule is CCC[CH2][Sn]([CH2]CCC)([CH2]CCC)[CH2]OC(N)CC. The Morgan fingerprint density at radius 2 is 1.26 bits per heavy atom. The summed E-state index contributed by atoms with van der Waals surface area (Å²) < 4.78 is 11.6. The summed E-state index contributed by atoms with van der Waals surface area (Å²) in [6.45, 7) is 9.06. The van der Waals surface area contributed by atoms with E-state index in [0.29, 0.717) is 0 Å². The minimum absolute atomic E-state index is 0.0269. The molecule has 0 aliphatic rings. The van der Waals surface area contributed by atoms with Gasteiger partial charge < -0.3 is 0 Å². The van der Waals surface area contributed by atoms with Gasteiger partial charge in [-0.05, 0) is 0 Å². The van der Waals surface area contributed by atoms with Gasteiger partial charge in [-0.2, -0.15) is 0 Å². The molecular formula is C16H37NOSn. The van der Waals surface area contributed by atoms with Crippen molar-refractivity contribution in [3.8, 4) is 0 Å². The van der Waals surface area contributed by atoms with Crippen LogP contribution in [0.2, 0.25) is 13.3 Å². The van der Waals surface area contributed by atoms with E-state index >= 15 is 0 Å². The van der Waals surface area contributed by atoms with E-state index in [9.17, 15) is 0 Å². The second-order valence-electron chi connectivity index (χ2n) is 6.07. The van der Waals surface area contributed by atoms with Crippen LogP contribution in [0.15, 0.2) is 0 Å². The molecule has 0 aromatic rings. The van der Waals surface area contributed by atoms with Crippen LogP contribution in [-0.4, -0.2) is 29.2 Å². The van der Waals surface area contributed by atoms with Gasteiger partial charge >= 0.3 is 126 Å². The van der Waals surface area contributed by atoms with Crippen molar-refractivity contribution in [3.05, 3.63) is 0 Å². The number of hydrogen-bond acceptors (Lipinski definition) is 2. The summed E-state index contributed by atoms with van der Waals surface area (Å²) in [6, 6.07) is 0. The van der Waals surface area contributed by atoms with E-state index < -0.39 is 18.4 Å². The number of nitrogens with two attached hydrogens (primary N) is 1. The molecule has 1 atom stereocenters. The van der Waals surface area contributed by atoms with Crippen LogP contribution in [0.25, 0.3) is 0 Å². The molecule has 1 unspecified atom stereocenters. The molecule has 19 heavy (non-hydrogen) atoms. The second-order valence-corrected chi connectivity index (χ2v) is 19.7. The third-order valence-corrected chi connectivity index (χ3v) is 18.5. The fraction of sp³-hybridized carbons (Fsp3) is 1.00. The first-order chi connectivity index (χ1) is 9.14. The average Bonchev–Trinajstić information content (AvgIpc) is 2.45. The van der Waals surface area contributed by atoms with Crippen LogP contribution < -0.4 is 5.73 Å². The molecule has 0 rings (SSSR count). The van der Waals surface area contributed by atoms with E-state index in [1.54, 1.807) is 0 Å². The molecule has 0 heterocycles. The first-order valence-electron chi connectivity index (χ1n) is 8.51. The molecule has 2 N–H and O–H groups in total. The van der Waals surface area contributed by atoms with Gasteiger partial charge in [0.05, 0.1) is 0 Å². The van der Waals surface area contributed by atoms with Gasteiger partial charge in [0.15, 0.2) is 0 Å². The van der Waals surface area contributed by atoms with Crippen LogP contribution in [0, 0.1) is 0 Å². The van der Waals surface area contributed by atoms with Crippen molar-refractivity contribution in [2.24, 2.45) is 5.73 Å². The summed E-state index contributed by atoms with van der Waals surface area (Å²) in [5.74, 6) is 0. The van der Waals surface area contributed by atoms with Gasteiger partial charge in [0.2, 0.25) is 0 Å². The zero-order chi connectivity index (χ0) is 14.6. The van der Waals surface area contributed by atoms with E-state index in [2.05, 4.69) is 27.7 Å². The Morgan fingerprint density at radius 3 is 1.58 bits per heavy atom. The molecule has 0 aromatic heterocycles. The van der Waals surface area contributed by atoms with E-state index in [-0.39, 0.29) is 6.23 Å². The summed E-state index contributed by atoms with van der Waals surface area (Å²) in [6.07, 6.45) is 9.14. The van der Waals surface area contributed by atoms with Crippen molar-refractivity contribution in [2.75, 3.05) is 4.62 Å². The molecule has 0 amide bonds. The Bertz CT molecular complexity index is 177. The van der Waals surface area contributed by atoms with Crippen LogP contribution in [0.3, 0.4) is 0 Å². The molecule has 116 valence electrons. The van der Waals surface area contributed by atoms with Crippen molar-refractivity contribution in [1.29, 1.82) is 0 Å². The van der Waals surface area contributed by atoms with E-state index in [0.717, 1.165) is 11.0 Å². The Balaban J connectivity index is 4.56. The molecule has 0 radical (unpaired) electrons. The zero-order valence-electron chi connectivity index (χ0n) is 13.8. The molecule has 3 heteroatoms. The molecule has 0 aliphatic heterocycles. The third kappa shape index (κ3) is 9.30. The van der Waals surface area contributed by atoms with Crippen LogP contribution in [-0.2, 0) is 4.74 Å². The van der Waals surface area contributed by atoms with E-state index in [1.165, 1.54) is 51.8 Å². The molecule has 0 saturated carbocycles. The maximum absolute atomic E-state index is 6.02. The molecule has 0 aromatic carbocycles. The number of unbranched alkanes of at least 4 members (excludes halogenated alkanes) is 3. The van der Waals surface area contributed by atoms with Crippen LogP contribution >= 0.6 is 0 Å². The van der Waals surface area contributed by atoms with Gasteiger partial charge in [0.25, 0.3) is 0 Å². The van der Waals surface area contributed by atoms with Gasteiger partial charge in [-0.1, -0.05) is 0 Å². The Kier molecular flexibility index (Phi) is 12.9. The van der Waals surface area contributed by atoms with Gasteiger partial charge in [0.1, 0.15) is 0 Å². The van der Waals surface area contributed by atoms with Crippen LogP contribution in [0.5, 0.6) is 0 Å². The van der Waals surface area contributed by atoms with Crippen molar-refractivity contribution >= 4 is 18.4 Å². The second kappa shape index (κ2) is 12.5. The number of hydrogen-bond donors (Lipinski definition) is 1. The molecule has 0 aliphatic carbocycles. The monoisotopic (exact) mass is 379 g/mol. The first-order valence-corrected chi connectivity index (χ1v) is 16.6. The fourth-order valence-corrected chi connectivity index (χ4v) is 17.1. The zero-order valence-corrected chi connectivity index (χ0v) is 16.7. The topological polar surface area (TPSA) is 35.2 Å². The van der Waals surface area contributed by atoms with Crippen LogP contribution in [0.4, 0.5) is 0 Å². The predicted octanol–water partition coefficient (Wildman–Crippen LogP) is 5.09. The molecule has 2 nitrogen and oxygen atoms in total. The van der Waals surface area contributed by atoms with Gasteiger partial charge in [-0.25, -0.2) is 0 Å². The van der Waals surface area contributed by atoms with Crippen molar-refractivity contribution in [2.45, 2.75) is 92.2 Å². The summed E-state index contributed by atoms with van der Waals surface area (Å²) in [4.78, 5) is 0. The molecular weight excluding hydrogens is 341 g/mol. The van der Waals surface area contributed by atoms with Crippen LogP contribution in [0.1, 0.15) is 72.6 Å². The molecule has 0 fully saturated rings. The van der Waals surface area contributed by atoms with E-state index in [1.807, 2.05) is 0 Å². The van der Waals surface area contributed by atoms with E-state index in [4.69, 9.17) is 10.5 Å². The summed E-state index contributed by atoms with van der Waals surface area (Å²) in [5, 5.41) is 0. The summed E-state index contributed by atoms with van der Waals surface area (Å²) in [5.41, 5.74) is 5.98. The molecule has 0 saturated heterocycles. The number of ether oxygens (including phenoxy) is 1. The Morgan fingerprint density at radius 1 is 0.842 bits per heavy atom. The maximum atomic E-state index is 6.02. The molecule has 0 bridgehead atoms. The Hall–Kier alpha value is 0.719. The predicted molar refractivity (Wildman–Crippen MR) is 89.1 cm³/mol. The van der Waals surface area contributed by atoms with Gasteiger partial charge in [0, 0.05) is 0 Å². The normalized spacial score (nSPS) is 13.7. The number of rotatable bonds is 13. The summed E-state index contributed by atoms with van der Waals surface area (Å²) >= 11 is -2.07. The summed E-state index contributed by atoms with van der Waals surface area (Å²) in [7, 11) is 0. The van der Waals surface area contributed by atoms with Gasteiger partial charge in [-0.15, -0.1) is 0 Å². The van der Waals surface area contributed by atoms with Crippen molar-refractivity contribution in [3.63, 3.8) is 0 Å². The first kappa shape index (κ1) is 19.7. The molecule has 0 spiro atoms. The van der Waals surface area contributed by atoms with Crippen molar-refractivity contribution < 1.29 is 4.74 Å². The van der Waals surface area contributed by atoms with Crippen molar-refractivity contribution in [1.82, 2.24) is 0 Å². The average molecular weight is 378 g/mol. The quantitative estimate of drug-likeness (QED) is 0.358. The van der Waals surface area contributed by atoms with Gasteiger partial charge in [-0.3, -0.25) is 0 Å². The standard InChI is InChI=1S/C4H10NO.3C4H9.Sn/c1-3-4(5)6-2;3*1-3-4-2;/h4H,2-3,5H2,1H3;3*1,3-4H2,2H3;.